The molecule has 0 spiro atoms. The van der Waals surface area contributed by atoms with Crippen molar-refractivity contribution < 1.29 is 9.53 Å². The number of amides is 1. The van der Waals surface area contributed by atoms with E-state index in [1.807, 2.05) is 24.3 Å². The van der Waals surface area contributed by atoms with E-state index < -0.39 is 0 Å². The van der Waals surface area contributed by atoms with Crippen molar-refractivity contribution >= 4 is 11.6 Å². The molecule has 1 unspecified atom stereocenters. The summed E-state index contributed by atoms with van der Waals surface area (Å²) in [5.41, 5.74) is 1.68. The molecule has 1 aliphatic heterocycles. The largest absolute Gasteiger partial charge is 0.380 e. The van der Waals surface area contributed by atoms with Crippen molar-refractivity contribution in [2.75, 3.05) is 25.5 Å². The summed E-state index contributed by atoms with van der Waals surface area (Å²) < 4.78 is 5.12. The molecule has 1 amide bonds. The Bertz CT molecular complexity index is 454. The number of carbonyl (C=O) groups excluding carboxylic acids is 1. The highest BCUT2D eigenvalue weighted by atomic mass is 16.5. The van der Waals surface area contributed by atoms with E-state index in [1.165, 1.54) is 0 Å². The lowest BCUT2D eigenvalue weighted by Gasteiger charge is -2.26. The number of benzene rings is 1. The Morgan fingerprint density at radius 3 is 3.00 bits per heavy atom. The molecule has 1 heterocycles. The first kappa shape index (κ1) is 15.0. The molecule has 2 rings (SSSR count). The summed E-state index contributed by atoms with van der Waals surface area (Å²) in [5, 5.41) is 6.39. The Morgan fingerprint density at radius 1 is 1.50 bits per heavy atom. The third-order valence-corrected chi connectivity index (χ3v) is 3.95. The molecule has 1 aliphatic rings. The molecule has 1 aromatic carbocycles. The first-order chi connectivity index (χ1) is 9.70. The van der Waals surface area contributed by atoms with Crippen LogP contribution in [0, 0.1) is 5.41 Å². The predicted molar refractivity (Wildman–Crippen MR) is 80.6 cm³/mol. The maximum absolute atomic E-state index is 12.6. The van der Waals surface area contributed by atoms with Gasteiger partial charge in [-0.15, -0.1) is 0 Å². The maximum Gasteiger partial charge on any atom is 0.231 e. The second-order valence-electron chi connectivity index (χ2n) is 5.54. The van der Waals surface area contributed by atoms with E-state index >= 15 is 0 Å². The van der Waals surface area contributed by atoms with Gasteiger partial charge in [0.05, 0.1) is 12.0 Å². The molecule has 1 aromatic rings. The zero-order valence-electron chi connectivity index (χ0n) is 12.4. The van der Waals surface area contributed by atoms with Gasteiger partial charge in [0.1, 0.15) is 0 Å². The van der Waals surface area contributed by atoms with E-state index in [9.17, 15) is 4.79 Å². The highest BCUT2D eigenvalue weighted by molar-refractivity contribution is 5.95. The highest BCUT2D eigenvalue weighted by Gasteiger charge is 2.40. The average molecular weight is 276 g/mol. The Kier molecular flexibility index (Phi) is 5.15. The average Bonchev–Trinajstić information content (AvgIpc) is 2.90. The van der Waals surface area contributed by atoms with Gasteiger partial charge < -0.3 is 15.4 Å². The lowest BCUT2D eigenvalue weighted by molar-refractivity contribution is -0.125. The van der Waals surface area contributed by atoms with Crippen molar-refractivity contribution in [3.05, 3.63) is 29.8 Å². The van der Waals surface area contributed by atoms with Crippen LogP contribution in [0.5, 0.6) is 0 Å². The molecule has 0 radical (unpaired) electrons. The number of hydrogen-bond donors (Lipinski definition) is 2. The molecule has 20 heavy (non-hydrogen) atoms. The predicted octanol–water partition coefficient (Wildman–Crippen LogP) is 2.55. The van der Waals surface area contributed by atoms with Crippen LogP contribution in [0.2, 0.25) is 0 Å². The van der Waals surface area contributed by atoms with Gasteiger partial charge >= 0.3 is 0 Å². The Hall–Kier alpha value is -1.39. The Balaban J connectivity index is 2.08. The fourth-order valence-corrected chi connectivity index (χ4v) is 2.91. The number of hydrogen-bond acceptors (Lipinski definition) is 3. The summed E-state index contributed by atoms with van der Waals surface area (Å²) in [6.07, 6.45) is 2.88. The lowest BCUT2D eigenvalue weighted by atomic mass is 9.81. The third-order valence-electron chi connectivity index (χ3n) is 3.95. The van der Waals surface area contributed by atoms with Crippen molar-refractivity contribution in [3.8, 4) is 0 Å². The van der Waals surface area contributed by atoms with Crippen molar-refractivity contribution in [1.29, 1.82) is 0 Å². The van der Waals surface area contributed by atoms with E-state index in [2.05, 4.69) is 17.6 Å². The summed E-state index contributed by atoms with van der Waals surface area (Å²) in [6, 6.07) is 7.85. The molecule has 0 aromatic heterocycles. The summed E-state index contributed by atoms with van der Waals surface area (Å²) in [7, 11) is 1.67. The molecule has 1 atom stereocenters. The molecule has 4 heteroatoms. The van der Waals surface area contributed by atoms with E-state index in [0.717, 1.165) is 43.6 Å². The van der Waals surface area contributed by atoms with Gasteiger partial charge in [0, 0.05) is 19.3 Å². The molecule has 2 N–H and O–H groups in total. The van der Waals surface area contributed by atoms with Crippen LogP contribution in [0.3, 0.4) is 0 Å². The number of rotatable bonds is 6. The quantitative estimate of drug-likeness (QED) is 0.839. The summed E-state index contributed by atoms with van der Waals surface area (Å²) >= 11 is 0. The van der Waals surface area contributed by atoms with Crippen molar-refractivity contribution in [2.45, 2.75) is 32.8 Å². The number of methoxy groups -OCH3 is 1. The van der Waals surface area contributed by atoms with Crippen LogP contribution in [0.15, 0.2) is 24.3 Å². The zero-order chi connectivity index (χ0) is 14.4. The third kappa shape index (κ3) is 3.38. The minimum absolute atomic E-state index is 0.138. The van der Waals surface area contributed by atoms with Crippen LogP contribution < -0.4 is 10.6 Å². The molecule has 0 aliphatic carbocycles. The van der Waals surface area contributed by atoms with Crippen molar-refractivity contribution in [2.24, 2.45) is 5.41 Å². The zero-order valence-corrected chi connectivity index (χ0v) is 12.4. The summed E-state index contributed by atoms with van der Waals surface area (Å²) in [4.78, 5) is 12.6. The van der Waals surface area contributed by atoms with E-state index in [0.29, 0.717) is 6.61 Å². The maximum atomic E-state index is 12.6. The van der Waals surface area contributed by atoms with Gasteiger partial charge in [0.25, 0.3) is 0 Å². The lowest BCUT2D eigenvalue weighted by Crippen LogP contribution is -2.38. The normalized spacial score (nSPS) is 21.9. The fourth-order valence-electron chi connectivity index (χ4n) is 2.91. The topological polar surface area (TPSA) is 50.4 Å². The van der Waals surface area contributed by atoms with Crippen LogP contribution in [0.1, 0.15) is 31.7 Å². The molecule has 1 saturated heterocycles. The number of anilines is 1. The van der Waals surface area contributed by atoms with Crippen LogP contribution in [-0.4, -0.2) is 26.1 Å². The molecule has 0 bridgehead atoms. The van der Waals surface area contributed by atoms with Gasteiger partial charge in [-0.2, -0.15) is 0 Å². The van der Waals surface area contributed by atoms with Crippen LogP contribution in [-0.2, 0) is 16.1 Å². The Labute approximate surface area is 120 Å². The molecule has 110 valence electrons. The number of carbonyl (C=O) groups is 1. The van der Waals surface area contributed by atoms with Crippen LogP contribution in [0.4, 0.5) is 5.69 Å². The van der Waals surface area contributed by atoms with Crippen molar-refractivity contribution in [3.63, 3.8) is 0 Å². The SMILES string of the molecule is CCCC1(C(=O)Nc2cccc(COC)c2)CCNC1. The smallest absolute Gasteiger partial charge is 0.231 e. The van der Waals surface area contributed by atoms with Gasteiger partial charge in [-0.3, -0.25) is 4.79 Å². The summed E-state index contributed by atoms with van der Waals surface area (Å²) in [5.74, 6) is 0.138. The minimum Gasteiger partial charge on any atom is -0.380 e. The summed E-state index contributed by atoms with van der Waals surface area (Å²) in [6.45, 7) is 4.40. The minimum atomic E-state index is -0.244. The van der Waals surface area contributed by atoms with Gasteiger partial charge in [-0.1, -0.05) is 25.5 Å². The molecular weight excluding hydrogens is 252 g/mol. The van der Waals surface area contributed by atoms with Gasteiger partial charge in [-0.05, 0) is 37.1 Å². The van der Waals surface area contributed by atoms with E-state index in [4.69, 9.17) is 4.74 Å². The molecule has 0 saturated carbocycles. The Morgan fingerprint density at radius 2 is 2.35 bits per heavy atom. The second kappa shape index (κ2) is 6.86. The van der Waals surface area contributed by atoms with Crippen LogP contribution >= 0.6 is 0 Å². The second-order valence-corrected chi connectivity index (χ2v) is 5.54. The van der Waals surface area contributed by atoms with Gasteiger partial charge in [-0.25, -0.2) is 0 Å². The van der Waals surface area contributed by atoms with Crippen molar-refractivity contribution in [1.82, 2.24) is 5.32 Å². The molecule has 1 fully saturated rings. The first-order valence-corrected chi connectivity index (χ1v) is 7.30. The standard InChI is InChI=1S/C16H24N2O2/c1-3-7-16(8-9-17-12-16)15(19)18-14-6-4-5-13(10-14)11-20-2/h4-6,10,17H,3,7-9,11-12H2,1-2H3,(H,18,19). The monoisotopic (exact) mass is 276 g/mol. The highest BCUT2D eigenvalue weighted by Crippen LogP contribution is 2.32. The van der Waals surface area contributed by atoms with Gasteiger partial charge in [0.15, 0.2) is 0 Å². The number of ether oxygens (including phenoxy) is 1. The first-order valence-electron chi connectivity index (χ1n) is 7.30. The fraction of sp³-hybridized carbons (Fsp3) is 0.562. The molecular formula is C16H24N2O2. The number of nitrogens with one attached hydrogen (secondary N) is 2. The van der Waals surface area contributed by atoms with Crippen LogP contribution in [0.25, 0.3) is 0 Å². The van der Waals surface area contributed by atoms with E-state index in [1.54, 1.807) is 7.11 Å². The van der Waals surface area contributed by atoms with Gasteiger partial charge in [0.2, 0.25) is 5.91 Å². The van der Waals surface area contributed by atoms with E-state index in [-0.39, 0.29) is 11.3 Å². The molecule has 4 nitrogen and oxygen atoms in total.